The molecule has 1 rings (SSSR count). The predicted molar refractivity (Wildman–Crippen MR) is 74.9 cm³/mol. The maximum atomic E-state index is 5.69. The quantitative estimate of drug-likeness (QED) is 0.642. The van der Waals surface area contributed by atoms with E-state index in [0.717, 1.165) is 25.2 Å². The number of rotatable bonds is 6. The van der Waals surface area contributed by atoms with Gasteiger partial charge in [-0.1, -0.05) is 19.9 Å². The molecular formula is C16H24O. The molecule has 0 heterocycles. The average Bonchev–Trinajstić information content (AvgIpc) is 2.25. The van der Waals surface area contributed by atoms with E-state index in [-0.39, 0.29) is 0 Å². The van der Waals surface area contributed by atoms with Crippen LogP contribution in [0.1, 0.15) is 49.3 Å². The van der Waals surface area contributed by atoms with Crippen molar-refractivity contribution in [2.24, 2.45) is 0 Å². The summed E-state index contributed by atoms with van der Waals surface area (Å²) < 4.78 is 5.69. The summed E-state index contributed by atoms with van der Waals surface area (Å²) in [6.07, 6.45) is 4.06. The Labute approximate surface area is 106 Å². The van der Waals surface area contributed by atoms with Gasteiger partial charge < -0.3 is 4.74 Å². The monoisotopic (exact) mass is 232 g/mol. The van der Waals surface area contributed by atoms with E-state index in [1.165, 1.54) is 16.7 Å². The first-order valence-electron chi connectivity index (χ1n) is 6.45. The predicted octanol–water partition coefficient (Wildman–Crippen LogP) is 4.77. The largest absolute Gasteiger partial charge is 0.494 e. The third kappa shape index (κ3) is 3.62. The van der Waals surface area contributed by atoms with E-state index in [1.807, 2.05) is 6.08 Å². The summed E-state index contributed by atoms with van der Waals surface area (Å²) in [7, 11) is 0. The van der Waals surface area contributed by atoms with Gasteiger partial charge in [0.25, 0.3) is 0 Å². The molecular weight excluding hydrogens is 208 g/mol. The number of aryl methyl sites for hydroxylation is 2. The van der Waals surface area contributed by atoms with Gasteiger partial charge in [-0.2, -0.15) is 0 Å². The molecule has 1 heteroatoms. The summed E-state index contributed by atoms with van der Waals surface area (Å²) in [6, 6.07) is 4.30. The molecule has 1 nitrogen and oxygen atoms in total. The first kappa shape index (κ1) is 13.8. The molecule has 0 aromatic heterocycles. The zero-order valence-corrected chi connectivity index (χ0v) is 11.5. The fourth-order valence-electron chi connectivity index (χ4n) is 2.38. The second-order valence-corrected chi connectivity index (χ2v) is 4.74. The Balaban J connectivity index is 2.97. The highest BCUT2D eigenvalue weighted by molar-refractivity contribution is 5.43. The van der Waals surface area contributed by atoms with Crippen molar-refractivity contribution in [1.29, 1.82) is 0 Å². The second kappa shape index (κ2) is 6.48. The van der Waals surface area contributed by atoms with Gasteiger partial charge in [0.2, 0.25) is 0 Å². The van der Waals surface area contributed by atoms with Crippen molar-refractivity contribution >= 4 is 0 Å². The van der Waals surface area contributed by atoms with Gasteiger partial charge >= 0.3 is 0 Å². The van der Waals surface area contributed by atoms with Crippen LogP contribution in [0.4, 0.5) is 0 Å². The van der Waals surface area contributed by atoms with Crippen LogP contribution in [-0.4, -0.2) is 6.61 Å². The minimum atomic E-state index is 0.535. The van der Waals surface area contributed by atoms with Crippen LogP contribution >= 0.6 is 0 Å². The number of allylic oxidation sites excluding steroid dienone is 1. The number of hydrogen-bond donors (Lipinski definition) is 0. The number of hydrogen-bond acceptors (Lipinski definition) is 1. The third-order valence-electron chi connectivity index (χ3n) is 3.05. The third-order valence-corrected chi connectivity index (χ3v) is 3.05. The van der Waals surface area contributed by atoms with Crippen molar-refractivity contribution in [1.82, 2.24) is 0 Å². The van der Waals surface area contributed by atoms with Gasteiger partial charge in [0.15, 0.2) is 0 Å². The molecule has 0 radical (unpaired) electrons. The van der Waals surface area contributed by atoms with Crippen molar-refractivity contribution in [2.45, 2.75) is 46.5 Å². The topological polar surface area (TPSA) is 9.23 Å². The Hall–Kier alpha value is -1.24. The molecule has 0 aliphatic heterocycles. The van der Waals surface area contributed by atoms with Crippen molar-refractivity contribution in [3.05, 3.63) is 41.5 Å². The van der Waals surface area contributed by atoms with Gasteiger partial charge in [0.05, 0.1) is 6.61 Å². The average molecular weight is 232 g/mol. The zero-order chi connectivity index (χ0) is 12.8. The minimum absolute atomic E-state index is 0.535. The van der Waals surface area contributed by atoms with Gasteiger partial charge in [-0.15, -0.1) is 6.58 Å². The zero-order valence-electron chi connectivity index (χ0n) is 11.5. The Bertz CT molecular complexity index is 356. The molecule has 0 N–H and O–H groups in total. The fourth-order valence-corrected chi connectivity index (χ4v) is 2.38. The summed E-state index contributed by atoms with van der Waals surface area (Å²) in [5, 5.41) is 0. The molecule has 1 unspecified atom stereocenters. The van der Waals surface area contributed by atoms with Crippen LogP contribution in [0.15, 0.2) is 24.8 Å². The van der Waals surface area contributed by atoms with E-state index < -0.39 is 0 Å². The number of benzene rings is 1. The van der Waals surface area contributed by atoms with Crippen LogP contribution in [-0.2, 0) is 0 Å². The van der Waals surface area contributed by atoms with Crippen LogP contribution in [0.2, 0.25) is 0 Å². The molecule has 0 aliphatic carbocycles. The Morgan fingerprint density at radius 1 is 1.29 bits per heavy atom. The van der Waals surface area contributed by atoms with Crippen LogP contribution in [0.25, 0.3) is 0 Å². The lowest BCUT2D eigenvalue weighted by atomic mass is 9.90. The van der Waals surface area contributed by atoms with Crippen LogP contribution in [0.3, 0.4) is 0 Å². The van der Waals surface area contributed by atoms with Crippen LogP contribution < -0.4 is 4.74 Å². The summed E-state index contributed by atoms with van der Waals surface area (Å²) in [4.78, 5) is 0. The normalized spacial score (nSPS) is 12.2. The molecule has 0 aliphatic rings. The lowest BCUT2D eigenvalue weighted by Gasteiger charge is -2.18. The van der Waals surface area contributed by atoms with Gasteiger partial charge in [0, 0.05) is 0 Å². The van der Waals surface area contributed by atoms with Gasteiger partial charge in [-0.3, -0.25) is 0 Å². The van der Waals surface area contributed by atoms with E-state index in [2.05, 4.69) is 46.4 Å². The highest BCUT2D eigenvalue weighted by Gasteiger charge is 2.11. The molecule has 0 amide bonds. The Morgan fingerprint density at radius 3 is 2.35 bits per heavy atom. The molecule has 0 saturated carbocycles. The highest BCUT2D eigenvalue weighted by atomic mass is 16.5. The molecule has 94 valence electrons. The fraction of sp³-hybridized carbons (Fsp3) is 0.500. The van der Waals surface area contributed by atoms with Gasteiger partial charge in [-0.05, 0) is 61.4 Å². The summed E-state index contributed by atoms with van der Waals surface area (Å²) in [5.74, 6) is 1.53. The maximum absolute atomic E-state index is 5.69. The molecule has 1 aromatic carbocycles. The Morgan fingerprint density at radius 2 is 1.88 bits per heavy atom. The molecule has 0 fully saturated rings. The standard InChI is InChI=1S/C16H24O/c1-6-8-12(3)16-13(4)10-15(11-14(16)5)17-9-7-2/h6,10-12H,1,7-9H2,2-5H3. The van der Waals surface area contributed by atoms with Crippen molar-refractivity contribution < 1.29 is 4.74 Å². The minimum Gasteiger partial charge on any atom is -0.494 e. The molecule has 0 saturated heterocycles. The van der Waals surface area contributed by atoms with Crippen molar-refractivity contribution in [2.75, 3.05) is 6.61 Å². The lowest BCUT2D eigenvalue weighted by Crippen LogP contribution is -2.02. The number of ether oxygens (including phenoxy) is 1. The molecule has 0 spiro atoms. The van der Waals surface area contributed by atoms with Gasteiger partial charge in [0.1, 0.15) is 5.75 Å². The second-order valence-electron chi connectivity index (χ2n) is 4.74. The first-order valence-corrected chi connectivity index (χ1v) is 6.45. The van der Waals surface area contributed by atoms with Crippen LogP contribution in [0, 0.1) is 13.8 Å². The summed E-state index contributed by atoms with van der Waals surface area (Å²) >= 11 is 0. The van der Waals surface area contributed by atoms with E-state index in [9.17, 15) is 0 Å². The van der Waals surface area contributed by atoms with Crippen molar-refractivity contribution in [3.63, 3.8) is 0 Å². The van der Waals surface area contributed by atoms with E-state index in [1.54, 1.807) is 0 Å². The smallest absolute Gasteiger partial charge is 0.119 e. The van der Waals surface area contributed by atoms with E-state index in [0.29, 0.717) is 5.92 Å². The summed E-state index contributed by atoms with van der Waals surface area (Å²) in [5.41, 5.74) is 4.09. The molecule has 1 aromatic rings. The molecule has 17 heavy (non-hydrogen) atoms. The maximum Gasteiger partial charge on any atom is 0.119 e. The first-order chi connectivity index (χ1) is 8.10. The summed E-state index contributed by atoms with van der Waals surface area (Å²) in [6.45, 7) is 13.3. The lowest BCUT2D eigenvalue weighted by molar-refractivity contribution is 0.317. The molecule has 0 bridgehead atoms. The van der Waals surface area contributed by atoms with Crippen LogP contribution in [0.5, 0.6) is 5.75 Å². The van der Waals surface area contributed by atoms with E-state index in [4.69, 9.17) is 4.74 Å². The SMILES string of the molecule is C=CCC(C)c1c(C)cc(OCCC)cc1C. The van der Waals surface area contributed by atoms with Crippen molar-refractivity contribution in [3.8, 4) is 5.75 Å². The van der Waals surface area contributed by atoms with Gasteiger partial charge in [-0.25, -0.2) is 0 Å². The molecule has 1 atom stereocenters. The highest BCUT2D eigenvalue weighted by Crippen LogP contribution is 2.30. The Kier molecular flexibility index (Phi) is 5.27. The van der Waals surface area contributed by atoms with E-state index >= 15 is 0 Å².